The molecule has 1 heterocycles. The summed E-state index contributed by atoms with van der Waals surface area (Å²) >= 11 is 0. The number of nitrogens with one attached hydrogen (secondary N) is 2. The summed E-state index contributed by atoms with van der Waals surface area (Å²) in [6.45, 7) is 3.57. The number of hydrogen-bond acceptors (Lipinski definition) is 7. The fourth-order valence-electron chi connectivity index (χ4n) is 2.33. The maximum absolute atomic E-state index is 11.0. The Bertz CT molecular complexity index is 477. The van der Waals surface area contributed by atoms with E-state index in [9.17, 15) is 10.1 Å². The summed E-state index contributed by atoms with van der Waals surface area (Å²) in [6, 6.07) is 0. The van der Waals surface area contributed by atoms with E-state index in [0.29, 0.717) is 31.7 Å². The Morgan fingerprint density at radius 2 is 2.19 bits per heavy atom. The first-order valence-corrected chi connectivity index (χ1v) is 7.31. The molecule has 0 aromatic carbocycles. The third kappa shape index (κ3) is 4.52. The van der Waals surface area contributed by atoms with E-state index in [1.54, 1.807) is 0 Å². The number of nitrogens with zero attached hydrogens (tertiary/aromatic N) is 3. The average Bonchev–Trinajstić information content (AvgIpc) is 2.97. The van der Waals surface area contributed by atoms with Crippen molar-refractivity contribution in [3.63, 3.8) is 0 Å². The molecule has 0 spiro atoms. The normalized spacial score (nSPS) is 15.1. The molecule has 2 N–H and O–H groups in total. The molecule has 0 amide bonds. The molecule has 21 heavy (non-hydrogen) atoms. The van der Waals surface area contributed by atoms with Crippen LogP contribution in [0.25, 0.3) is 0 Å². The van der Waals surface area contributed by atoms with Gasteiger partial charge in [-0.3, -0.25) is 10.1 Å². The molecule has 2 rings (SSSR count). The van der Waals surface area contributed by atoms with Gasteiger partial charge in [0.25, 0.3) is 0 Å². The van der Waals surface area contributed by atoms with Crippen molar-refractivity contribution in [3.05, 3.63) is 16.3 Å². The van der Waals surface area contributed by atoms with Gasteiger partial charge in [-0.05, 0) is 19.8 Å². The fraction of sp³-hybridized carbons (Fsp3) is 0.692. The summed E-state index contributed by atoms with van der Waals surface area (Å²) in [7, 11) is 0. The van der Waals surface area contributed by atoms with Gasteiger partial charge in [-0.15, -0.1) is 0 Å². The van der Waals surface area contributed by atoms with Crippen molar-refractivity contribution in [2.75, 3.05) is 30.3 Å². The largest absolute Gasteiger partial charge is 0.376 e. The lowest BCUT2D eigenvalue weighted by Crippen LogP contribution is -2.17. The summed E-state index contributed by atoms with van der Waals surface area (Å²) < 4.78 is 5.71. The van der Waals surface area contributed by atoms with Crippen LogP contribution in [0.2, 0.25) is 0 Å². The second kappa shape index (κ2) is 7.72. The van der Waals surface area contributed by atoms with Gasteiger partial charge < -0.3 is 15.4 Å². The number of ether oxygens (including phenoxy) is 1. The summed E-state index contributed by atoms with van der Waals surface area (Å²) in [6.07, 6.45) is 6.22. The molecule has 0 aliphatic heterocycles. The molecule has 1 aromatic rings. The highest BCUT2D eigenvalue weighted by Gasteiger charge is 2.18. The molecule has 0 bridgehead atoms. The van der Waals surface area contributed by atoms with Crippen molar-refractivity contribution in [3.8, 4) is 0 Å². The minimum absolute atomic E-state index is 0.127. The summed E-state index contributed by atoms with van der Waals surface area (Å²) in [5.41, 5.74) is -0.127. The molecular formula is C13H21N5O3. The van der Waals surface area contributed by atoms with Crippen LogP contribution in [-0.2, 0) is 4.74 Å². The van der Waals surface area contributed by atoms with Gasteiger partial charge in [-0.2, -0.15) is 4.98 Å². The van der Waals surface area contributed by atoms with E-state index in [-0.39, 0.29) is 11.5 Å². The Hall–Kier alpha value is -1.96. The quantitative estimate of drug-likeness (QED) is 0.430. The number of anilines is 2. The SMILES string of the molecule is CCNc1ncc([N+](=O)[O-])c(NCCOC2CCCC2)n1. The lowest BCUT2D eigenvalue weighted by Gasteiger charge is -2.12. The highest BCUT2D eigenvalue weighted by molar-refractivity contribution is 5.56. The highest BCUT2D eigenvalue weighted by atomic mass is 16.6. The lowest BCUT2D eigenvalue weighted by atomic mass is 10.3. The van der Waals surface area contributed by atoms with Gasteiger partial charge in [0.1, 0.15) is 6.20 Å². The minimum Gasteiger partial charge on any atom is -0.376 e. The molecule has 1 aliphatic rings. The van der Waals surface area contributed by atoms with Crippen molar-refractivity contribution in [2.24, 2.45) is 0 Å². The van der Waals surface area contributed by atoms with Crippen LogP contribution in [-0.4, -0.2) is 40.7 Å². The minimum atomic E-state index is -0.490. The Morgan fingerprint density at radius 1 is 1.43 bits per heavy atom. The first kappa shape index (κ1) is 15.4. The first-order chi connectivity index (χ1) is 10.2. The average molecular weight is 295 g/mol. The molecule has 0 unspecified atom stereocenters. The molecule has 0 saturated heterocycles. The topological polar surface area (TPSA) is 102 Å². The van der Waals surface area contributed by atoms with Gasteiger partial charge in [-0.25, -0.2) is 4.98 Å². The Labute approximate surface area is 123 Å². The molecule has 1 aliphatic carbocycles. The molecule has 8 nitrogen and oxygen atoms in total. The lowest BCUT2D eigenvalue weighted by molar-refractivity contribution is -0.384. The van der Waals surface area contributed by atoms with Crippen LogP contribution in [0.1, 0.15) is 32.6 Å². The molecule has 1 saturated carbocycles. The van der Waals surface area contributed by atoms with Gasteiger partial charge in [-0.1, -0.05) is 12.8 Å². The van der Waals surface area contributed by atoms with Gasteiger partial charge in [0.15, 0.2) is 0 Å². The highest BCUT2D eigenvalue weighted by Crippen LogP contribution is 2.22. The number of hydrogen-bond donors (Lipinski definition) is 2. The molecule has 0 radical (unpaired) electrons. The molecule has 1 aromatic heterocycles. The van der Waals surface area contributed by atoms with Crippen molar-refractivity contribution in [1.82, 2.24) is 9.97 Å². The predicted molar refractivity (Wildman–Crippen MR) is 79.5 cm³/mol. The van der Waals surface area contributed by atoms with Crippen molar-refractivity contribution in [2.45, 2.75) is 38.7 Å². The maximum atomic E-state index is 11.0. The van der Waals surface area contributed by atoms with E-state index < -0.39 is 4.92 Å². The van der Waals surface area contributed by atoms with E-state index in [1.807, 2.05) is 6.92 Å². The van der Waals surface area contributed by atoms with Crippen LogP contribution in [0.5, 0.6) is 0 Å². The van der Waals surface area contributed by atoms with E-state index in [1.165, 1.54) is 19.0 Å². The van der Waals surface area contributed by atoms with Crippen LogP contribution >= 0.6 is 0 Å². The number of rotatable bonds is 8. The maximum Gasteiger partial charge on any atom is 0.329 e. The molecule has 0 atom stereocenters. The van der Waals surface area contributed by atoms with Crippen LogP contribution in [0, 0.1) is 10.1 Å². The first-order valence-electron chi connectivity index (χ1n) is 7.31. The second-order valence-corrected chi connectivity index (χ2v) is 4.92. The number of aromatic nitrogens is 2. The second-order valence-electron chi connectivity index (χ2n) is 4.92. The smallest absolute Gasteiger partial charge is 0.329 e. The zero-order valence-corrected chi connectivity index (χ0v) is 12.2. The van der Waals surface area contributed by atoms with E-state index in [2.05, 4.69) is 20.6 Å². The summed E-state index contributed by atoms with van der Waals surface area (Å²) in [5, 5.41) is 16.9. The van der Waals surface area contributed by atoms with Gasteiger partial charge in [0, 0.05) is 13.1 Å². The molecular weight excluding hydrogens is 274 g/mol. The van der Waals surface area contributed by atoms with Crippen LogP contribution in [0.4, 0.5) is 17.5 Å². The van der Waals surface area contributed by atoms with Gasteiger partial charge in [0.05, 0.1) is 17.6 Å². The third-order valence-electron chi connectivity index (χ3n) is 3.35. The zero-order valence-electron chi connectivity index (χ0n) is 12.2. The van der Waals surface area contributed by atoms with Crippen LogP contribution < -0.4 is 10.6 Å². The molecule has 116 valence electrons. The van der Waals surface area contributed by atoms with E-state index in [0.717, 1.165) is 12.8 Å². The Morgan fingerprint density at radius 3 is 2.86 bits per heavy atom. The molecule has 1 fully saturated rings. The van der Waals surface area contributed by atoms with Crippen LogP contribution in [0.15, 0.2) is 6.20 Å². The standard InChI is InChI=1S/C13H21N5O3/c1-2-14-13-16-9-11(18(19)20)12(17-13)15-7-8-21-10-5-3-4-6-10/h9-10H,2-8H2,1H3,(H2,14,15,16,17). The Kier molecular flexibility index (Phi) is 5.68. The number of nitro groups is 1. The van der Waals surface area contributed by atoms with Crippen molar-refractivity contribution >= 4 is 17.5 Å². The van der Waals surface area contributed by atoms with Gasteiger partial charge >= 0.3 is 5.69 Å². The van der Waals surface area contributed by atoms with Crippen LogP contribution in [0.3, 0.4) is 0 Å². The monoisotopic (exact) mass is 295 g/mol. The van der Waals surface area contributed by atoms with Crippen molar-refractivity contribution in [1.29, 1.82) is 0 Å². The van der Waals surface area contributed by atoms with E-state index in [4.69, 9.17) is 4.74 Å². The van der Waals surface area contributed by atoms with Crippen molar-refractivity contribution < 1.29 is 9.66 Å². The zero-order chi connectivity index (χ0) is 15.1. The third-order valence-corrected chi connectivity index (χ3v) is 3.35. The van der Waals surface area contributed by atoms with Gasteiger partial charge in [0.2, 0.25) is 11.8 Å². The summed E-state index contributed by atoms with van der Waals surface area (Å²) in [4.78, 5) is 18.5. The fourth-order valence-corrected chi connectivity index (χ4v) is 2.33. The Balaban J connectivity index is 1.89. The predicted octanol–water partition coefficient (Wildman–Crippen LogP) is 2.19. The summed E-state index contributed by atoms with van der Waals surface area (Å²) in [5.74, 6) is 0.600. The van der Waals surface area contributed by atoms with E-state index >= 15 is 0 Å². The molecule has 8 heteroatoms.